The number of thiophene rings is 1. The van der Waals surface area contributed by atoms with Crippen molar-refractivity contribution in [1.29, 1.82) is 0 Å². The number of ether oxygens (including phenoxy) is 1. The van der Waals surface area contributed by atoms with Gasteiger partial charge in [-0.1, -0.05) is 12.6 Å². The molecule has 0 saturated carbocycles. The van der Waals surface area contributed by atoms with E-state index in [2.05, 4.69) is 16.5 Å². The van der Waals surface area contributed by atoms with Gasteiger partial charge in [-0.05, 0) is 55.6 Å². The summed E-state index contributed by atoms with van der Waals surface area (Å²) in [4.78, 5) is 26.3. The topological polar surface area (TPSA) is 87.8 Å². The van der Waals surface area contributed by atoms with Crippen molar-refractivity contribution >= 4 is 49.1 Å². The van der Waals surface area contributed by atoms with Gasteiger partial charge in [0.05, 0.1) is 20.8 Å². The minimum Gasteiger partial charge on any atom is -0.461 e. The molecule has 3 aliphatic heterocycles. The molecule has 4 aromatic rings. The van der Waals surface area contributed by atoms with E-state index in [-0.39, 0.29) is 75.9 Å². The molecule has 2 aromatic carbocycles. The Morgan fingerprint density at radius 1 is 1.21 bits per heavy atom. The van der Waals surface area contributed by atoms with Crippen LogP contribution in [-0.2, 0) is 11.0 Å². The van der Waals surface area contributed by atoms with Gasteiger partial charge >= 0.3 is 12.2 Å². The monoisotopic (exact) mass is 690 g/mol. The zero-order valence-electron chi connectivity index (χ0n) is 25.9. The van der Waals surface area contributed by atoms with Gasteiger partial charge in [0.15, 0.2) is 5.82 Å². The highest BCUT2D eigenvalue weighted by Gasteiger charge is 2.49. The summed E-state index contributed by atoms with van der Waals surface area (Å²) < 4.78 is 96.6. The highest BCUT2D eigenvalue weighted by Crippen LogP contribution is 2.47. The second kappa shape index (κ2) is 11.8. The van der Waals surface area contributed by atoms with Gasteiger partial charge in [0, 0.05) is 55.5 Å². The van der Waals surface area contributed by atoms with Gasteiger partial charge in [-0.25, -0.2) is 13.2 Å². The Kier molecular flexibility index (Phi) is 7.97. The van der Waals surface area contributed by atoms with Crippen LogP contribution in [0.4, 0.5) is 37.2 Å². The number of hydrogen-bond donors (Lipinski definition) is 1. The molecule has 0 radical (unpaired) electrons. The van der Waals surface area contributed by atoms with Crippen LogP contribution in [0.1, 0.15) is 31.2 Å². The molecule has 48 heavy (non-hydrogen) atoms. The van der Waals surface area contributed by atoms with Crippen molar-refractivity contribution in [3.63, 3.8) is 0 Å². The zero-order chi connectivity index (χ0) is 34.1. The van der Waals surface area contributed by atoms with Gasteiger partial charge in [-0.3, -0.25) is 9.69 Å². The molecule has 3 atom stereocenters. The second-order valence-electron chi connectivity index (χ2n) is 12.7. The lowest BCUT2D eigenvalue weighted by Crippen LogP contribution is -2.43. The van der Waals surface area contributed by atoms with E-state index in [0.717, 1.165) is 36.0 Å². The van der Waals surface area contributed by atoms with Crippen LogP contribution in [0.2, 0.25) is 0 Å². The van der Waals surface area contributed by atoms with E-state index < -0.39 is 46.2 Å². The third-order valence-electron chi connectivity index (χ3n) is 9.88. The third-order valence-corrected chi connectivity index (χ3v) is 10.9. The molecule has 0 unspecified atom stereocenters. The molecule has 15 heteroatoms. The summed E-state index contributed by atoms with van der Waals surface area (Å²) in [6.45, 7) is 5.12. The summed E-state index contributed by atoms with van der Waals surface area (Å²) in [6.07, 6.45) is -2.63. The number of anilines is 2. The number of nitrogen functional groups attached to an aromatic ring is 1. The average Bonchev–Trinajstić information content (AvgIpc) is 3.82. The smallest absolute Gasteiger partial charge is 0.417 e. The Hall–Kier alpha value is -4.11. The Morgan fingerprint density at radius 3 is 2.75 bits per heavy atom. The number of aromatic nitrogens is 2. The number of benzene rings is 2. The molecule has 0 spiro atoms. The fraction of sp³-hybridized carbons (Fsp3) is 0.424. The quantitative estimate of drug-likeness (QED) is 0.174. The number of likely N-dealkylation sites (tertiary alicyclic amines) is 1. The number of alkyl halides is 4. The number of rotatable bonds is 7. The van der Waals surface area contributed by atoms with Crippen LogP contribution in [0.15, 0.2) is 36.9 Å². The van der Waals surface area contributed by atoms with E-state index in [1.165, 1.54) is 12.1 Å². The minimum absolute atomic E-state index is 0.00674. The summed E-state index contributed by atoms with van der Waals surface area (Å²) >= 11 is 0.845. The van der Waals surface area contributed by atoms with Crippen LogP contribution < -0.4 is 15.4 Å². The molecule has 3 aliphatic rings. The van der Waals surface area contributed by atoms with E-state index in [1.54, 1.807) is 16.8 Å². The Balaban J connectivity index is 1.41. The number of likely N-dealkylation sites (N-methyl/N-ethyl adjacent to an activating group) is 1. The van der Waals surface area contributed by atoms with Crippen LogP contribution in [0, 0.1) is 11.6 Å². The van der Waals surface area contributed by atoms with Crippen molar-refractivity contribution < 1.29 is 35.9 Å². The summed E-state index contributed by atoms with van der Waals surface area (Å²) in [7, 11) is 1.61. The van der Waals surface area contributed by atoms with Gasteiger partial charge in [0.25, 0.3) is 0 Å². The lowest BCUT2D eigenvalue weighted by molar-refractivity contribution is -0.137. The van der Waals surface area contributed by atoms with E-state index >= 15 is 4.39 Å². The molecule has 0 bridgehead atoms. The van der Waals surface area contributed by atoms with Crippen molar-refractivity contribution in [3.05, 3.63) is 54.1 Å². The number of nitrogens with zero attached hydrogens (tertiary/aromatic N) is 5. The van der Waals surface area contributed by atoms with Crippen LogP contribution >= 0.6 is 11.3 Å². The first-order valence-corrected chi connectivity index (χ1v) is 16.4. The van der Waals surface area contributed by atoms with Crippen molar-refractivity contribution in [2.45, 2.75) is 49.6 Å². The Bertz CT molecular complexity index is 1950. The SMILES string of the molecule is C=CC(=O)N1CC[C@H](N(C)c2nc(OC[C@@]34CCCN3C[C@H](F)C4)nc3c(F)c(-c4ccc(F)c5sc(N)cc45)c(C(F)(F)F)cc23)C1. The maximum Gasteiger partial charge on any atom is 0.417 e. The molecule has 5 heterocycles. The molecular formula is C33H32F6N6O2S. The third kappa shape index (κ3) is 5.40. The summed E-state index contributed by atoms with van der Waals surface area (Å²) in [6, 6.07) is 3.54. The number of nitrogens with two attached hydrogens (primary N) is 1. The van der Waals surface area contributed by atoms with Gasteiger partial charge < -0.3 is 20.3 Å². The second-order valence-corrected chi connectivity index (χ2v) is 13.8. The molecule has 0 aliphatic carbocycles. The molecule has 3 saturated heterocycles. The lowest BCUT2D eigenvalue weighted by atomic mass is 9.93. The first kappa shape index (κ1) is 32.4. The predicted molar refractivity (Wildman–Crippen MR) is 172 cm³/mol. The van der Waals surface area contributed by atoms with Crippen molar-refractivity contribution in [3.8, 4) is 17.1 Å². The molecule has 2 aromatic heterocycles. The highest BCUT2D eigenvalue weighted by atomic mass is 32.1. The van der Waals surface area contributed by atoms with Gasteiger partial charge in [-0.2, -0.15) is 23.1 Å². The Labute approximate surface area is 275 Å². The van der Waals surface area contributed by atoms with Crippen LogP contribution in [-0.4, -0.2) is 83.3 Å². The summed E-state index contributed by atoms with van der Waals surface area (Å²) in [5.74, 6) is -2.31. The van der Waals surface area contributed by atoms with E-state index in [9.17, 15) is 26.7 Å². The molecule has 7 rings (SSSR count). The van der Waals surface area contributed by atoms with Gasteiger partial charge in [-0.15, -0.1) is 11.3 Å². The zero-order valence-corrected chi connectivity index (χ0v) is 26.7. The predicted octanol–water partition coefficient (Wildman–Crippen LogP) is 6.57. The van der Waals surface area contributed by atoms with Crippen molar-refractivity contribution in [2.75, 3.05) is 50.5 Å². The number of hydrogen-bond acceptors (Lipinski definition) is 8. The average molecular weight is 691 g/mol. The number of amides is 1. The summed E-state index contributed by atoms with van der Waals surface area (Å²) in [5.41, 5.74) is 2.56. The maximum atomic E-state index is 16.9. The molecule has 2 N–H and O–H groups in total. The van der Waals surface area contributed by atoms with Gasteiger partial charge in [0.1, 0.15) is 29.9 Å². The fourth-order valence-electron chi connectivity index (χ4n) is 7.55. The van der Waals surface area contributed by atoms with Crippen LogP contribution in [0.5, 0.6) is 6.01 Å². The molecule has 8 nitrogen and oxygen atoms in total. The molecule has 3 fully saturated rings. The van der Waals surface area contributed by atoms with Crippen LogP contribution in [0.25, 0.3) is 32.1 Å². The highest BCUT2D eigenvalue weighted by molar-refractivity contribution is 7.22. The molecule has 1 amide bonds. The lowest BCUT2D eigenvalue weighted by Gasteiger charge is -2.31. The normalized spacial score (nSPS) is 22.9. The van der Waals surface area contributed by atoms with Crippen LogP contribution in [0.3, 0.4) is 0 Å². The first-order valence-electron chi connectivity index (χ1n) is 15.5. The maximum absolute atomic E-state index is 16.9. The van der Waals surface area contributed by atoms with E-state index in [1.807, 2.05) is 4.90 Å². The molecular weight excluding hydrogens is 658 g/mol. The minimum atomic E-state index is -5.03. The van der Waals surface area contributed by atoms with E-state index in [4.69, 9.17) is 10.5 Å². The number of carbonyl (C=O) groups is 1. The summed E-state index contributed by atoms with van der Waals surface area (Å²) in [5, 5.41) is -0.0405. The number of halogens is 6. The largest absolute Gasteiger partial charge is 0.461 e. The van der Waals surface area contributed by atoms with E-state index in [0.29, 0.717) is 25.9 Å². The van der Waals surface area contributed by atoms with Crippen molar-refractivity contribution in [2.24, 2.45) is 0 Å². The first-order chi connectivity index (χ1) is 22.8. The fourth-order valence-corrected chi connectivity index (χ4v) is 8.40. The standard InChI is InChI=1S/C33H32F6N6O2S/c1-3-25(46)44-10-7-18(15-44)43(2)30-21-11-22(33(37,38)39)26(19-5-6-23(35)29-20(19)12-24(40)48-29)27(36)28(21)41-31(42-30)47-16-32-8-4-9-45(32)14-17(34)13-32/h3,5-6,11-12,17-18H,1,4,7-10,13-16,40H2,2H3/t17-,18+,32+/m1/s1. The van der Waals surface area contributed by atoms with Crippen molar-refractivity contribution in [1.82, 2.24) is 19.8 Å². The number of carbonyl (C=O) groups excluding carboxylic acids is 1. The Morgan fingerprint density at radius 2 is 2.00 bits per heavy atom. The van der Waals surface area contributed by atoms with Gasteiger partial charge in [0.2, 0.25) is 5.91 Å². The number of fused-ring (bicyclic) bond motifs is 3. The molecule has 254 valence electrons.